The molecule has 1 saturated carbocycles. The Balaban J connectivity index is 0.00000242. The molecular weight excluding hydrogens is 326 g/mol. The van der Waals surface area contributed by atoms with Crippen LogP contribution in [0.5, 0.6) is 0 Å². The molecule has 0 unspecified atom stereocenters. The molecule has 6 nitrogen and oxygen atoms in total. The minimum Gasteiger partial charge on any atom is -0.352 e. The van der Waals surface area contributed by atoms with Gasteiger partial charge in [0.15, 0.2) is 0 Å². The van der Waals surface area contributed by atoms with Gasteiger partial charge in [0.05, 0.1) is 4.90 Å². The first kappa shape index (κ1) is 18.9. The van der Waals surface area contributed by atoms with Crippen molar-refractivity contribution in [2.24, 2.45) is 22.7 Å². The topological polar surface area (TPSA) is 115 Å². The summed E-state index contributed by atoms with van der Waals surface area (Å²) in [7, 11) is -3.68. The normalized spacial score (nSPS) is 21.2. The van der Waals surface area contributed by atoms with E-state index in [1.165, 1.54) is 12.1 Å². The van der Waals surface area contributed by atoms with Crippen molar-refractivity contribution in [3.05, 3.63) is 29.8 Å². The third kappa shape index (κ3) is 4.67. The van der Waals surface area contributed by atoms with Crippen molar-refractivity contribution in [3.63, 3.8) is 0 Å². The molecule has 0 saturated heterocycles. The van der Waals surface area contributed by atoms with Gasteiger partial charge < -0.3 is 11.1 Å². The van der Waals surface area contributed by atoms with Crippen LogP contribution in [-0.4, -0.2) is 20.9 Å². The van der Waals surface area contributed by atoms with Gasteiger partial charge in [0.25, 0.3) is 0 Å². The second-order valence-electron chi connectivity index (χ2n) is 5.44. The Morgan fingerprint density at radius 1 is 1.23 bits per heavy atom. The van der Waals surface area contributed by atoms with Crippen LogP contribution < -0.4 is 16.2 Å². The number of hydrogen-bond donors (Lipinski definition) is 3. The van der Waals surface area contributed by atoms with Crippen LogP contribution in [0.2, 0.25) is 0 Å². The second kappa shape index (κ2) is 7.92. The standard InChI is InChI=1S/C14H21N3O3S.ClH/c15-8-11-2-1-3-13(11)14(18)17-9-10-4-6-12(7-5-10)21(16,19)20;/h4-7,11,13H,1-3,8-9,15H2,(H,17,18)(H2,16,19,20);1H/t11-,13-;/m1./s1. The van der Waals surface area contributed by atoms with Crippen LogP contribution in [0.15, 0.2) is 29.2 Å². The van der Waals surface area contributed by atoms with Gasteiger partial charge in [-0.25, -0.2) is 13.6 Å². The minimum absolute atomic E-state index is 0. The van der Waals surface area contributed by atoms with Gasteiger partial charge in [0, 0.05) is 12.5 Å². The van der Waals surface area contributed by atoms with E-state index in [0.717, 1.165) is 24.8 Å². The first-order chi connectivity index (χ1) is 9.91. The number of benzene rings is 1. The molecule has 8 heteroatoms. The predicted molar refractivity (Wildman–Crippen MR) is 86.8 cm³/mol. The summed E-state index contributed by atoms with van der Waals surface area (Å²) in [5.74, 6) is 0.298. The molecular formula is C14H22ClN3O3S. The summed E-state index contributed by atoms with van der Waals surface area (Å²) in [6.07, 6.45) is 2.94. The fraction of sp³-hybridized carbons (Fsp3) is 0.500. The van der Waals surface area contributed by atoms with E-state index in [2.05, 4.69) is 5.32 Å². The molecule has 0 spiro atoms. The highest BCUT2D eigenvalue weighted by molar-refractivity contribution is 7.89. The molecule has 2 atom stereocenters. The molecule has 0 aromatic heterocycles. The van der Waals surface area contributed by atoms with E-state index in [9.17, 15) is 13.2 Å². The molecule has 1 aromatic rings. The first-order valence-electron chi connectivity index (χ1n) is 7.01. The Morgan fingerprint density at radius 2 is 1.86 bits per heavy atom. The van der Waals surface area contributed by atoms with Crippen LogP contribution in [-0.2, 0) is 21.4 Å². The van der Waals surface area contributed by atoms with E-state index in [-0.39, 0.29) is 35.0 Å². The maximum absolute atomic E-state index is 12.1. The zero-order valence-electron chi connectivity index (χ0n) is 12.2. The van der Waals surface area contributed by atoms with Crippen molar-refractivity contribution in [3.8, 4) is 0 Å². The number of primary sulfonamides is 1. The zero-order chi connectivity index (χ0) is 15.5. The smallest absolute Gasteiger partial charge is 0.238 e. The third-order valence-electron chi connectivity index (χ3n) is 4.02. The Morgan fingerprint density at radius 3 is 2.41 bits per heavy atom. The van der Waals surface area contributed by atoms with Crippen LogP contribution in [0.4, 0.5) is 0 Å². The second-order valence-corrected chi connectivity index (χ2v) is 7.00. The maximum Gasteiger partial charge on any atom is 0.238 e. The van der Waals surface area contributed by atoms with Crippen LogP contribution in [0, 0.1) is 11.8 Å². The van der Waals surface area contributed by atoms with Crippen molar-refractivity contribution in [2.45, 2.75) is 30.7 Å². The molecule has 0 radical (unpaired) electrons. The molecule has 124 valence electrons. The molecule has 0 aliphatic heterocycles. The summed E-state index contributed by atoms with van der Waals surface area (Å²) in [4.78, 5) is 12.2. The van der Waals surface area contributed by atoms with E-state index in [1.54, 1.807) is 12.1 Å². The Labute approximate surface area is 137 Å². The van der Waals surface area contributed by atoms with E-state index in [0.29, 0.717) is 13.1 Å². The number of hydrogen-bond acceptors (Lipinski definition) is 4. The quantitative estimate of drug-likeness (QED) is 0.728. The number of nitrogens with one attached hydrogen (secondary N) is 1. The molecule has 22 heavy (non-hydrogen) atoms. The molecule has 1 aromatic carbocycles. The Kier molecular flexibility index (Phi) is 6.80. The largest absolute Gasteiger partial charge is 0.352 e. The number of amides is 1. The number of rotatable bonds is 5. The van der Waals surface area contributed by atoms with Gasteiger partial charge in [-0.1, -0.05) is 18.6 Å². The highest BCUT2D eigenvalue weighted by Gasteiger charge is 2.31. The molecule has 5 N–H and O–H groups in total. The van der Waals surface area contributed by atoms with Crippen LogP contribution in [0.3, 0.4) is 0 Å². The van der Waals surface area contributed by atoms with Gasteiger partial charge >= 0.3 is 0 Å². The van der Waals surface area contributed by atoms with E-state index < -0.39 is 10.0 Å². The number of carbonyl (C=O) groups is 1. The molecule has 1 amide bonds. The molecule has 0 bridgehead atoms. The van der Waals surface area contributed by atoms with E-state index >= 15 is 0 Å². The lowest BCUT2D eigenvalue weighted by Crippen LogP contribution is -2.34. The van der Waals surface area contributed by atoms with Gasteiger partial charge in [-0.2, -0.15) is 0 Å². The summed E-state index contributed by atoms with van der Waals surface area (Å²) >= 11 is 0. The fourth-order valence-electron chi connectivity index (χ4n) is 2.78. The lowest BCUT2D eigenvalue weighted by atomic mass is 9.95. The Bertz CT molecular complexity index is 604. The van der Waals surface area contributed by atoms with Crippen LogP contribution in [0.1, 0.15) is 24.8 Å². The summed E-state index contributed by atoms with van der Waals surface area (Å²) in [5, 5.41) is 7.92. The Hall–Kier alpha value is -1.15. The number of nitrogens with two attached hydrogens (primary N) is 2. The zero-order valence-corrected chi connectivity index (χ0v) is 13.8. The summed E-state index contributed by atoms with van der Waals surface area (Å²) in [5.41, 5.74) is 6.51. The highest BCUT2D eigenvalue weighted by atomic mass is 35.5. The predicted octanol–water partition coefficient (Wildman–Crippen LogP) is 0.747. The molecule has 1 fully saturated rings. The average molecular weight is 348 g/mol. The van der Waals surface area contributed by atoms with Crippen molar-refractivity contribution in [2.75, 3.05) is 6.54 Å². The minimum atomic E-state index is -3.68. The van der Waals surface area contributed by atoms with Crippen molar-refractivity contribution in [1.82, 2.24) is 5.32 Å². The number of sulfonamides is 1. The first-order valence-corrected chi connectivity index (χ1v) is 8.56. The van der Waals surface area contributed by atoms with Gasteiger partial charge in [0.1, 0.15) is 0 Å². The van der Waals surface area contributed by atoms with Crippen molar-refractivity contribution < 1.29 is 13.2 Å². The molecule has 0 heterocycles. The van der Waals surface area contributed by atoms with Crippen molar-refractivity contribution in [1.29, 1.82) is 0 Å². The van der Waals surface area contributed by atoms with Gasteiger partial charge in [-0.05, 0) is 43.0 Å². The maximum atomic E-state index is 12.1. The SMILES string of the molecule is Cl.NC[C@H]1CCC[C@H]1C(=O)NCc1ccc(S(N)(=O)=O)cc1. The molecule has 1 aliphatic rings. The van der Waals surface area contributed by atoms with Gasteiger partial charge in [0.2, 0.25) is 15.9 Å². The third-order valence-corrected chi connectivity index (χ3v) is 4.95. The van der Waals surface area contributed by atoms with Crippen LogP contribution >= 0.6 is 12.4 Å². The number of carbonyl (C=O) groups excluding carboxylic acids is 1. The van der Waals surface area contributed by atoms with Crippen LogP contribution in [0.25, 0.3) is 0 Å². The van der Waals surface area contributed by atoms with Gasteiger partial charge in [-0.3, -0.25) is 4.79 Å². The van der Waals surface area contributed by atoms with E-state index in [1.807, 2.05) is 0 Å². The van der Waals surface area contributed by atoms with E-state index in [4.69, 9.17) is 10.9 Å². The lowest BCUT2D eigenvalue weighted by molar-refractivity contribution is -0.126. The van der Waals surface area contributed by atoms with Gasteiger partial charge in [-0.15, -0.1) is 12.4 Å². The molecule has 1 aliphatic carbocycles. The average Bonchev–Trinajstić information content (AvgIpc) is 2.92. The van der Waals surface area contributed by atoms with Crippen molar-refractivity contribution >= 4 is 28.3 Å². The summed E-state index contributed by atoms with van der Waals surface area (Å²) in [6, 6.07) is 6.17. The fourth-order valence-corrected chi connectivity index (χ4v) is 3.30. The summed E-state index contributed by atoms with van der Waals surface area (Å²) in [6.45, 7) is 0.915. The summed E-state index contributed by atoms with van der Waals surface area (Å²) < 4.78 is 22.3. The monoisotopic (exact) mass is 347 g/mol. The molecule has 2 rings (SSSR count). The lowest BCUT2D eigenvalue weighted by Gasteiger charge is -2.17. The number of halogens is 1. The highest BCUT2D eigenvalue weighted by Crippen LogP contribution is 2.30.